The van der Waals surface area contributed by atoms with Crippen LogP contribution in [-0.2, 0) is 0 Å². The summed E-state index contributed by atoms with van der Waals surface area (Å²) in [5, 5.41) is 43.6. The molecule has 0 saturated carbocycles. The Kier molecular flexibility index (Phi) is 15.7. The lowest BCUT2D eigenvalue weighted by Gasteiger charge is -2.18. The Morgan fingerprint density at radius 3 is 1.11 bits per heavy atom. The van der Waals surface area contributed by atoms with Crippen molar-refractivity contribution in [2.24, 2.45) is 39.9 Å². The van der Waals surface area contributed by atoms with Gasteiger partial charge in [0, 0.05) is 35.3 Å². The van der Waals surface area contributed by atoms with Crippen LogP contribution in [0.2, 0.25) is 0 Å². The summed E-state index contributed by atoms with van der Waals surface area (Å²) >= 11 is 0. The average molecular weight is 857 g/mol. The molecule has 328 valence electrons. The van der Waals surface area contributed by atoms with E-state index in [-0.39, 0.29) is 57.5 Å². The number of nitriles is 4. The number of rotatable bonds is 22. The number of amidine groups is 4. The number of nitrogens with one attached hydrogen (secondary N) is 2. The van der Waals surface area contributed by atoms with Gasteiger partial charge < -0.3 is 0 Å². The van der Waals surface area contributed by atoms with Crippen LogP contribution in [0.1, 0.15) is 187 Å². The van der Waals surface area contributed by atoms with Crippen molar-refractivity contribution in [3.63, 3.8) is 0 Å². The molecule has 5 heterocycles. The summed E-state index contributed by atoms with van der Waals surface area (Å²) < 4.78 is 0. The number of aliphatic imine (C=N–C) groups is 8. The van der Waals surface area contributed by atoms with Crippen molar-refractivity contribution in [1.82, 2.24) is 20.9 Å². The predicted molar refractivity (Wildman–Crippen MR) is 251 cm³/mol. The molecule has 0 aliphatic carbocycles. The molecular weight excluding hydrogens is 801 g/mol. The number of hydrogen-bond donors (Lipinski definition) is 2. The van der Waals surface area contributed by atoms with E-state index in [4.69, 9.17) is 39.9 Å². The van der Waals surface area contributed by atoms with Gasteiger partial charge in [-0.3, -0.25) is 20.9 Å². The Bertz CT molecular complexity index is 2510. The summed E-state index contributed by atoms with van der Waals surface area (Å²) in [4.78, 5) is 39.0. The third-order valence-corrected chi connectivity index (χ3v) is 11.9. The minimum Gasteiger partial charge on any atom is -0.263 e. The highest BCUT2D eigenvalue weighted by atomic mass is 15.6. The summed E-state index contributed by atoms with van der Waals surface area (Å²) in [5.74, 6) is 2.10. The van der Waals surface area contributed by atoms with E-state index < -0.39 is 0 Å². The summed E-state index contributed by atoms with van der Waals surface area (Å²) in [5.41, 5.74) is 9.51. The number of hydrogen-bond acceptors (Lipinski definition) is 16. The molecule has 2 aromatic rings. The Hall–Kier alpha value is -7.04. The molecule has 0 saturated heterocycles. The smallest absolute Gasteiger partial charge is 0.249 e. The van der Waals surface area contributed by atoms with Gasteiger partial charge in [-0.25, -0.2) is 9.98 Å². The van der Waals surface area contributed by atoms with Crippen LogP contribution >= 0.6 is 0 Å². The van der Waals surface area contributed by atoms with E-state index in [1.165, 1.54) is 89.9 Å². The number of fused-ring (bicyclic) bond motifs is 10. The van der Waals surface area contributed by atoms with Crippen molar-refractivity contribution in [3.8, 4) is 24.3 Å². The molecule has 0 fully saturated rings. The van der Waals surface area contributed by atoms with Crippen LogP contribution in [0.15, 0.2) is 64.2 Å². The topological polar surface area (TPSA) is 225 Å². The summed E-state index contributed by atoms with van der Waals surface area (Å²) in [6.45, 7) is 5.63. The van der Waals surface area contributed by atoms with E-state index in [2.05, 4.69) is 49.0 Å². The first kappa shape index (κ1) is 45.0. The number of benzene rings is 2. The maximum absolute atomic E-state index is 10.0. The minimum absolute atomic E-state index is 0.192. The highest BCUT2D eigenvalue weighted by Gasteiger charge is 2.32. The lowest BCUT2D eigenvalue weighted by atomic mass is 10.00. The highest BCUT2D eigenvalue weighted by molar-refractivity contribution is 6.29. The van der Waals surface area contributed by atoms with Gasteiger partial charge in [-0.2, -0.15) is 51.0 Å². The lowest BCUT2D eigenvalue weighted by molar-refractivity contribution is 0.370. The molecule has 16 heteroatoms. The van der Waals surface area contributed by atoms with Crippen molar-refractivity contribution >= 4 is 47.2 Å². The first-order valence-corrected chi connectivity index (χ1v) is 23.2. The molecule has 2 N–H and O–H groups in total. The second-order valence-electron chi connectivity index (χ2n) is 16.7. The Balaban J connectivity index is 1.22. The van der Waals surface area contributed by atoms with Crippen LogP contribution in [0.3, 0.4) is 0 Å². The molecular formula is C48H56N16. The van der Waals surface area contributed by atoms with Crippen LogP contribution < -0.4 is 10.9 Å². The van der Waals surface area contributed by atoms with Gasteiger partial charge >= 0.3 is 0 Å². The zero-order valence-corrected chi connectivity index (χ0v) is 37.1. The van der Waals surface area contributed by atoms with Crippen molar-refractivity contribution < 1.29 is 0 Å². The lowest BCUT2D eigenvalue weighted by Crippen LogP contribution is -2.39. The number of hydrazine groups is 2. The zero-order valence-electron chi connectivity index (χ0n) is 37.1. The third kappa shape index (κ3) is 10.9. The molecule has 16 nitrogen and oxygen atoms in total. The largest absolute Gasteiger partial charge is 0.263 e. The van der Waals surface area contributed by atoms with Crippen LogP contribution in [0, 0.1) is 45.3 Å². The van der Waals surface area contributed by atoms with Crippen molar-refractivity contribution in [2.45, 2.75) is 142 Å². The van der Waals surface area contributed by atoms with Crippen LogP contribution in [-0.4, -0.2) is 70.3 Å². The molecule has 2 aromatic carbocycles. The highest BCUT2D eigenvalue weighted by Crippen LogP contribution is 2.28. The number of guanidine groups is 4. The van der Waals surface area contributed by atoms with Gasteiger partial charge in [-0.1, -0.05) is 129 Å². The van der Waals surface area contributed by atoms with Gasteiger partial charge in [0.2, 0.25) is 23.8 Å². The average Bonchev–Trinajstić information content (AvgIpc) is 4.06. The summed E-state index contributed by atoms with van der Waals surface area (Å²) in [6, 6.07) is 15.0. The van der Waals surface area contributed by atoms with E-state index in [9.17, 15) is 21.0 Å². The molecule has 0 aromatic heterocycles. The first-order chi connectivity index (χ1) is 31.5. The fourth-order valence-corrected chi connectivity index (χ4v) is 8.28. The Morgan fingerprint density at radius 1 is 0.375 bits per heavy atom. The molecule has 0 atom stereocenters. The minimum atomic E-state index is 0.192. The van der Waals surface area contributed by atoms with Crippen LogP contribution in [0.25, 0.3) is 0 Å². The van der Waals surface area contributed by atoms with Crippen LogP contribution in [0.4, 0.5) is 0 Å². The first-order valence-electron chi connectivity index (χ1n) is 23.2. The standard InChI is InChI=1S/C48H56N16/c1-3-5-7-9-11-13-15-17-19-21-23-63-47-57-43-39-27-35(31-51)36(32-52)28-40(39)44(54-43)58-48-60-46(62-64(48)24-22-20-18-16-14-12-10-8-6-4-2)56-42-38-26-34(30-50)33(29-49)25-37(38)41(53-42)55-45(59-47)61-63/h25-28H,3-24H2,1-2H3,(H2,53,54,55,56,57,58,59,60,61,62). The zero-order chi connectivity index (χ0) is 44.7. The van der Waals surface area contributed by atoms with Crippen molar-refractivity contribution in [1.29, 1.82) is 21.0 Å². The molecule has 64 heavy (non-hydrogen) atoms. The predicted octanol–water partition coefficient (Wildman–Crippen LogP) is 8.81. The van der Waals surface area contributed by atoms with Gasteiger partial charge in [0.15, 0.2) is 23.3 Å². The van der Waals surface area contributed by atoms with Crippen molar-refractivity contribution in [2.75, 3.05) is 13.1 Å². The maximum atomic E-state index is 10.0. The molecule has 0 amide bonds. The quantitative estimate of drug-likeness (QED) is 0.109. The fraction of sp³-hybridized carbons (Fsp3) is 0.500. The molecule has 5 aliphatic heterocycles. The monoisotopic (exact) mass is 856 g/mol. The van der Waals surface area contributed by atoms with E-state index >= 15 is 0 Å². The van der Waals surface area contributed by atoms with E-state index in [1.54, 1.807) is 24.3 Å². The van der Waals surface area contributed by atoms with Gasteiger partial charge in [0.05, 0.1) is 22.3 Å². The molecule has 5 aliphatic rings. The Labute approximate surface area is 376 Å². The molecule has 7 rings (SSSR count). The van der Waals surface area contributed by atoms with Gasteiger partial charge in [-0.15, -0.1) is 0 Å². The fourth-order valence-electron chi connectivity index (χ4n) is 8.28. The Morgan fingerprint density at radius 2 is 0.703 bits per heavy atom. The van der Waals surface area contributed by atoms with Gasteiger partial charge in [-0.05, 0) is 37.1 Å². The molecule has 0 unspecified atom stereocenters. The summed E-state index contributed by atoms with van der Waals surface area (Å²) in [7, 11) is 0. The summed E-state index contributed by atoms with van der Waals surface area (Å²) in [6.07, 6.45) is 23.8. The van der Waals surface area contributed by atoms with Crippen molar-refractivity contribution in [3.05, 3.63) is 68.8 Å². The molecule has 0 spiro atoms. The normalized spacial score (nSPS) is 15.4. The van der Waals surface area contributed by atoms with Gasteiger partial charge in [0.25, 0.3) is 0 Å². The third-order valence-electron chi connectivity index (χ3n) is 11.9. The van der Waals surface area contributed by atoms with Gasteiger partial charge in [0.1, 0.15) is 24.3 Å². The number of unbranched alkanes of at least 4 members (excludes halogenated alkanes) is 18. The van der Waals surface area contributed by atoms with E-state index in [0.717, 1.165) is 38.5 Å². The maximum Gasteiger partial charge on any atom is 0.249 e. The van der Waals surface area contributed by atoms with E-state index in [0.29, 0.717) is 47.3 Å². The second-order valence-corrected chi connectivity index (χ2v) is 16.7. The van der Waals surface area contributed by atoms with Crippen LogP contribution in [0.5, 0.6) is 0 Å². The van der Waals surface area contributed by atoms with E-state index in [1.807, 2.05) is 10.0 Å². The molecule has 8 bridgehead atoms. The number of nitrogens with zero attached hydrogens (tertiary/aromatic N) is 14. The SMILES string of the molecule is CCCCCCCCCCCCN1NC2=NC3=NC(=NC4=NC(=NC5=NC(=NC1=N2)c1cc(C#N)c(C#N)cc15)N(CCCCCCCCCCCC)N4)c1cc(C#N)c(C#N)cc13. The second kappa shape index (κ2) is 22.4. The molecule has 0 radical (unpaired) electrons.